The highest BCUT2D eigenvalue weighted by Crippen LogP contribution is 2.27. The number of carbonyl (C=O) groups excluding carboxylic acids is 4. The van der Waals surface area contributed by atoms with Crippen molar-refractivity contribution >= 4 is 86.9 Å². The van der Waals surface area contributed by atoms with E-state index in [4.69, 9.17) is 33.0 Å². The predicted octanol–water partition coefficient (Wildman–Crippen LogP) is 4.16. The lowest BCUT2D eigenvalue weighted by molar-refractivity contribution is -0.0298. The Kier molecular flexibility index (Phi) is 20.8. The summed E-state index contributed by atoms with van der Waals surface area (Å²) in [6.45, 7) is 10.3. The molecule has 30 nitrogen and oxygen atoms in total. The van der Waals surface area contributed by atoms with Gasteiger partial charge in [-0.1, -0.05) is 31.2 Å². The van der Waals surface area contributed by atoms with Crippen LogP contribution < -0.4 is 17.2 Å². The lowest BCUT2D eigenvalue weighted by Crippen LogP contribution is -2.27. The monoisotopic (exact) mass is 1070 g/mol. The normalized spacial score (nSPS) is 12.4. The number of nitrogen functional groups attached to an aromatic ring is 2. The molecule has 11 heterocycles. The number of ether oxygens (including phenoxy) is 1. The first kappa shape index (κ1) is 58.5. The number of halogens is 2. The van der Waals surface area contributed by atoms with Crippen molar-refractivity contribution in [2.24, 2.45) is 7.05 Å². The Morgan fingerprint density at radius 3 is 2.11 bits per heavy atom. The minimum atomic E-state index is -0.380. The Morgan fingerprint density at radius 1 is 0.800 bits per heavy atom. The summed E-state index contributed by atoms with van der Waals surface area (Å²) in [4.78, 5) is 108. The van der Waals surface area contributed by atoms with Gasteiger partial charge in [0.15, 0.2) is 56.8 Å². The molecule has 3 aliphatic rings. The van der Waals surface area contributed by atoms with Crippen LogP contribution in [0.5, 0.6) is 0 Å². The number of carbonyl (C=O) groups is 4. The molecule has 75 heavy (non-hydrogen) atoms. The fraction of sp³-hybridized carbons (Fsp3) is 0.326. The van der Waals surface area contributed by atoms with Crippen LogP contribution in [0.4, 0.5) is 11.6 Å². The second kappa shape index (κ2) is 26.6. The molecule has 0 saturated carbocycles. The fourth-order valence-electron chi connectivity index (χ4n) is 6.49. The van der Waals surface area contributed by atoms with Crippen LogP contribution in [0.1, 0.15) is 115 Å². The van der Waals surface area contributed by atoms with Crippen LogP contribution in [0.2, 0.25) is 5.15 Å². The second-order valence-corrected chi connectivity index (χ2v) is 15.7. The fourth-order valence-corrected chi connectivity index (χ4v) is 6.67. The summed E-state index contributed by atoms with van der Waals surface area (Å²) in [5.74, 6) is 0.215. The van der Waals surface area contributed by atoms with E-state index in [9.17, 15) is 24.0 Å². The molecule has 0 radical (unpaired) electrons. The number of nitrogens with zero attached hydrogens (tertiary/aromatic N) is 19. The minimum Gasteiger partial charge on any atom is -0.427 e. The number of ketones is 3. The highest BCUT2D eigenvalue weighted by Gasteiger charge is 2.20. The van der Waals surface area contributed by atoms with Gasteiger partial charge in [-0.2, -0.15) is 9.41 Å². The van der Waals surface area contributed by atoms with Gasteiger partial charge in [0.2, 0.25) is 5.91 Å². The molecule has 1 unspecified atom stereocenters. The number of anilines is 2. The van der Waals surface area contributed by atoms with Crippen molar-refractivity contribution in [1.82, 2.24) is 103 Å². The van der Waals surface area contributed by atoms with E-state index in [1.54, 1.807) is 26.5 Å². The summed E-state index contributed by atoms with van der Waals surface area (Å²) in [6, 6.07) is 0. The molecule has 0 spiro atoms. The summed E-state index contributed by atoms with van der Waals surface area (Å²) in [7, 11) is 1.47. The van der Waals surface area contributed by atoms with Gasteiger partial charge in [0.05, 0.1) is 30.4 Å². The van der Waals surface area contributed by atoms with Crippen molar-refractivity contribution < 1.29 is 29.1 Å². The van der Waals surface area contributed by atoms with Gasteiger partial charge >= 0.3 is 5.69 Å². The van der Waals surface area contributed by atoms with E-state index in [0.29, 0.717) is 40.0 Å². The van der Waals surface area contributed by atoms with E-state index in [1.807, 2.05) is 11.5 Å². The van der Waals surface area contributed by atoms with Crippen molar-refractivity contribution in [2.75, 3.05) is 18.1 Å². The Bertz CT molecular complexity index is 3550. The van der Waals surface area contributed by atoms with Gasteiger partial charge in [0.25, 0.3) is 0 Å². The van der Waals surface area contributed by atoms with Crippen molar-refractivity contribution in [1.29, 1.82) is 0 Å². The Morgan fingerprint density at radius 2 is 1.49 bits per heavy atom. The number of imidazole rings is 6. The molecule has 0 amide bonds. The van der Waals surface area contributed by atoms with E-state index < -0.39 is 0 Å². The van der Waals surface area contributed by atoms with Crippen LogP contribution in [0.3, 0.4) is 0 Å². The first-order chi connectivity index (χ1) is 34.9. The van der Waals surface area contributed by atoms with E-state index in [2.05, 4.69) is 80.1 Å². The van der Waals surface area contributed by atoms with Crippen LogP contribution >= 0.6 is 24.0 Å². The molecule has 1 fully saturated rings. The Labute approximate surface area is 436 Å². The summed E-state index contributed by atoms with van der Waals surface area (Å²) < 4.78 is 12.0. The van der Waals surface area contributed by atoms with Crippen molar-refractivity contribution in [2.45, 2.75) is 80.9 Å². The molecule has 396 valence electrons. The first-order valence-corrected chi connectivity index (χ1v) is 22.1. The standard InChI is InChI=1S/C10H11ClN4O.C8H11N3O2.C7H7N5O2.C6H6N4O.C6H6N4.C5H7N3O.CH4.ClH/c11-9-8-10(13-5-12-9)15(6-14-8)7-3-1-2-4-16-7;1-3-6(13)11-4-10-7(5(2)12)8(11)9;1-4(13)5-6-9-10-11(2)7(14)12(6)3-8-5;1-4-5-6(8-2-7-5)9-3-10(4)11;1-4-5-6(9-2-7-4)10-3-8-5;1-3(9)4-5(6)8-2-7-4;;/h5-7H,1-4H2;4H,3,9H2,1-2H3;3H,1-2H3;2-3,11H,1H3;2-3H,1H3,(H,7,8,9,10);2H,6H2,1H3,(H,7,8);1H4;1H. The highest BCUT2D eigenvalue weighted by atomic mass is 35.5. The van der Waals surface area contributed by atoms with Gasteiger partial charge in [-0.15, -0.1) is 17.5 Å². The zero-order valence-corrected chi connectivity index (χ0v) is 42.2. The zero-order chi connectivity index (χ0) is 52.9. The van der Waals surface area contributed by atoms with Gasteiger partial charge in [-0.3, -0.25) is 28.3 Å². The maximum absolute atomic E-state index is 11.4. The number of aryl methyl sites for hydroxylation is 2. The van der Waals surface area contributed by atoms with Crippen molar-refractivity contribution in [3.05, 3.63) is 101 Å². The van der Waals surface area contributed by atoms with Crippen LogP contribution in [-0.4, -0.2) is 138 Å². The maximum atomic E-state index is 11.4. The summed E-state index contributed by atoms with van der Waals surface area (Å²) in [5.41, 5.74) is 16.6. The molecule has 32 heteroatoms. The molecular weight excluding hydrogens is 1020 g/mol. The Balaban J connectivity index is 0.000000196. The number of H-pyrrole nitrogens is 2. The molecule has 8 aromatic heterocycles. The number of Topliss-reactive ketones (excluding diaryl/α,β-unsaturated/α-hetero) is 3. The summed E-state index contributed by atoms with van der Waals surface area (Å²) in [6.07, 6.45) is 16.6. The van der Waals surface area contributed by atoms with Crippen LogP contribution in [0.15, 0.2) is 61.7 Å². The number of fused-ring (bicyclic) bond motifs is 4. The average molecular weight is 1070 g/mol. The lowest BCUT2D eigenvalue weighted by atomic mass is 10.2. The molecule has 3 aliphatic heterocycles. The average Bonchev–Trinajstić information content (AvgIpc) is 4.25. The maximum Gasteiger partial charge on any atom is 0.352 e. The third-order valence-corrected chi connectivity index (χ3v) is 10.6. The molecule has 7 N–H and O–H groups in total. The van der Waals surface area contributed by atoms with Gasteiger partial charge in [-0.05, 0) is 33.1 Å². The zero-order valence-electron chi connectivity index (χ0n) is 40.6. The molecule has 8 aromatic rings. The molecule has 0 bridgehead atoms. The quantitative estimate of drug-likeness (QED) is 0.0917. The number of nitrogens with one attached hydrogen (secondary N) is 2. The van der Waals surface area contributed by atoms with E-state index >= 15 is 0 Å². The van der Waals surface area contributed by atoms with Crippen LogP contribution in [0, 0.1) is 13.8 Å². The van der Waals surface area contributed by atoms with Crippen LogP contribution in [-0.2, 0) is 11.8 Å². The largest absolute Gasteiger partial charge is 0.427 e. The minimum absolute atomic E-state index is 0. The van der Waals surface area contributed by atoms with E-state index in [-0.39, 0.29) is 83.7 Å². The van der Waals surface area contributed by atoms with Gasteiger partial charge < -0.3 is 31.4 Å². The number of aromatic nitrogens is 21. The Hall–Kier alpha value is -9.03. The van der Waals surface area contributed by atoms with Crippen molar-refractivity contribution in [3.63, 3.8) is 0 Å². The number of aromatic amines is 2. The number of hydrogen-bond donors (Lipinski definition) is 5. The first-order valence-electron chi connectivity index (χ1n) is 21.8. The van der Waals surface area contributed by atoms with E-state index in [1.165, 1.54) is 87.5 Å². The topological polar surface area (TPSA) is 403 Å². The molecule has 11 rings (SSSR count). The SMILES string of the molecule is C.CC(=O)c1[nH]cnc1N.CC(=O)c1ncn2c(=O)n(C)nnc12.CCC(=O)n1cnc(C(C)=O)c1N.Cc1c2ncnc-2ncn1O.Cc1ncnc2nc[nH]c12.Cl.Clc1ncnc2c1ncn2C1CCCCO1. The van der Waals surface area contributed by atoms with Gasteiger partial charge in [0, 0.05) is 40.8 Å². The predicted molar refractivity (Wildman–Crippen MR) is 273 cm³/mol. The van der Waals surface area contributed by atoms with Gasteiger partial charge in [0.1, 0.15) is 78.1 Å². The molecule has 0 aromatic carbocycles. The van der Waals surface area contributed by atoms with Crippen LogP contribution in [0.25, 0.3) is 39.5 Å². The summed E-state index contributed by atoms with van der Waals surface area (Å²) in [5, 5.41) is 16.8. The number of rotatable bonds is 5. The summed E-state index contributed by atoms with van der Waals surface area (Å²) >= 11 is 5.94. The third kappa shape index (κ3) is 13.9. The molecule has 1 atom stereocenters. The van der Waals surface area contributed by atoms with Crippen molar-refractivity contribution in [3.8, 4) is 11.5 Å². The number of nitrogens with two attached hydrogens (primary N) is 2. The third-order valence-electron chi connectivity index (χ3n) is 10.3. The lowest BCUT2D eigenvalue weighted by Gasteiger charge is -2.23. The van der Waals surface area contributed by atoms with E-state index in [0.717, 1.165) is 51.4 Å². The highest BCUT2D eigenvalue weighted by molar-refractivity contribution is 6.33. The smallest absolute Gasteiger partial charge is 0.352 e. The molecule has 0 aliphatic carbocycles. The second-order valence-electron chi connectivity index (χ2n) is 15.3. The number of hydrogen-bond acceptors (Lipinski definition) is 23. The molecule has 1 saturated heterocycles. The molecular formula is C43H53Cl2N23O7. The van der Waals surface area contributed by atoms with Gasteiger partial charge in [-0.25, -0.2) is 69.0 Å².